The Kier molecular flexibility index (Phi) is 5.17. The average molecular weight is 356 g/mol. The third-order valence-electron chi connectivity index (χ3n) is 3.54. The summed E-state index contributed by atoms with van der Waals surface area (Å²) in [6.07, 6.45) is 1.72. The lowest BCUT2D eigenvalue weighted by Gasteiger charge is -2.14. The van der Waals surface area contributed by atoms with Crippen molar-refractivity contribution in [3.05, 3.63) is 78.0 Å². The van der Waals surface area contributed by atoms with Gasteiger partial charge in [0.1, 0.15) is 6.54 Å². The number of hydrogen-bond acceptors (Lipinski definition) is 3. The van der Waals surface area contributed by atoms with Gasteiger partial charge in [-0.15, -0.1) is 0 Å². The Labute approximate surface area is 148 Å². The molecule has 1 saturated heterocycles. The molecule has 1 atom stereocenters. The maximum atomic E-state index is 13.0. The topological polar surface area (TPSA) is 49.4 Å². The molecule has 1 N–H and O–H groups in total. The Morgan fingerprint density at radius 1 is 1.12 bits per heavy atom. The number of carbonyl (C=O) groups excluding carboxylic acids is 1. The summed E-state index contributed by atoms with van der Waals surface area (Å²) < 4.78 is 13.0. The van der Waals surface area contributed by atoms with Crippen molar-refractivity contribution in [2.75, 3.05) is 6.54 Å². The van der Waals surface area contributed by atoms with Gasteiger partial charge >= 0.3 is 0 Å². The first-order valence-electron chi connectivity index (χ1n) is 7.43. The standard InChI is InChI=1S/C18H16N2O2S2/c21-17-12-20(18(23)19-17)11-16(15-9-5-2-6-10-15)24(22)13-14-7-3-1-4-8-14/h1-11H,12-13H2,(H,19,21,23)/b16-11-/t24-/m1/s1. The second-order valence-electron chi connectivity index (χ2n) is 5.32. The monoisotopic (exact) mass is 356 g/mol. The average Bonchev–Trinajstić information content (AvgIpc) is 2.91. The van der Waals surface area contributed by atoms with Gasteiger partial charge in [-0.05, 0) is 23.3 Å². The number of nitrogens with one attached hydrogen (secondary N) is 1. The maximum Gasteiger partial charge on any atom is 0.246 e. The molecule has 24 heavy (non-hydrogen) atoms. The molecule has 2 aromatic rings. The SMILES string of the molecule is O=C1CN(/C=C(/c2ccccc2)[S@](=O)Cc2ccccc2)C(=S)N1. The molecule has 0 aromatic heterocycles. The number of benzene rings is 2. The van der Waals surface area contributed by atoms with Crippen molar-refractivity contribution >= 4 is 38.9 Å². The summed E-state index contributed by atoms with van der Waals surface area (Å²) >= 11 is 5.15. The maximum absolute atomic E-state index is 13.0. The lowest BCUT2D eigenvalue weighted by atomic mass is 10.2. The number of thiocarbonyl (C=S) groups is 1. The van der Waals surface area contributed by atoms with E-state index >= 15 is 0 Å². The molecule has 6 heteroatoms. The smallest absolute Gasteiger partial charge is 0.246 e. The van der Waals surface area contributed by atoms with E-state index in [4.69, 9.17) is 12.2 Å². The largest absolute Gasteiger partial charge is 0.315 e. The van der Waals surface area contributed by atoms with Gasteiger partial charge in [-0.3, -0.25) is 9.00 Å². The van der Waals surface area contributed by atoms with Crippen molar-refractivity contribution in [1.29, 1.82) is 0 Å². The first kappa shape index (κ1) is 16.5. The van der Waals surface area contributed by atoms with Gasteiger partial charge in [-0.2, -0.15) is 0 Å². The van der Waals surface area contributed by atoms with Crippen LogP contribution in [0.2, 0.25) is 0 Å². The van der Waals surface area contributed by atoms with Crippen LogP contribution < -0.4 is 5.32 Å². The summed E-state index contributed by atoms with van der Waals surface area (Å²) in [5, 5.41) is 2.93. The first-order valence-corrected chi connectivity index (χ1v) is 9.16. The summed E-state index contributed by atoms with van der Waals surface area (Å²) in [6.45, 7) is 0.150. The lowest BCUT2D eigenvalue weighted by Crippen LogP contribution is -2.24. The second-order valence-corrected chi connectivity index (χ2v) is 7.12. The van der Waals surface area contributed by atoms with Crippen LogP contribution in [-0.4, -0.2) is 26.7 Å². The van der Waals surface area contributed by atoms with Gasteiger partial charge in [0.15, 0.2) is 5.11 Å². The number of nitrogens with zero attached hydrogens (tertiary/aromatic N) is 1. The number of carbonyl (C=O) groups is 1. The van der Waals surface area contributed by atoms with E-state index in [1.807, 2.05) is 60.7 Å². The van der Waals surface area contributed by atoms with Crippen LogP contribution in [0.3, 0.4) is 0 Å². The van der Waals surface area contributed by atoms with Crippen LogP contribution in [0.25, 0.3) is 4.91 Å². The van der Waals surface area contributed by atoms with E-state index in [1.165, 1.54) is 0 Å². The summed E-state index contributed by atoms with van der Waals surface area (Å²) in [6, 6.07) is 19.2. The third kappa shape index (κ3) is 3.96. The Morgan fingerprint density at radius 2 is 1.75 bits per heavy atom. The molecular formula is C18H16N2O2S2. The molecule has 0 unspecified atom stereocenters. The summed E-state index contributed by atoms with van der Waals surface area (Å²) in [4.78, 5) is 13.8. The summed E-state index contributed by atoms with van der Waals surface area (Å²) in [5.41, 5.74) is 1.85. The zero-order valence-electron chi connectivity index (χ0n) is 12.8. The minimum atomic E-state index is -1.26. The molecule has 1 aliphatic rings. The van der Waals surface area contributed by atoms with Crippen molar-refractivity contribution < 1.29 is 9.00 Å². The minimum Gasteiger partial charge on any atom is -0.315 e. The van der Waals surface area contributed by atoms with Crippen LogP contribution in [0.5, 0.6) is 0 Å². The van der Waals surface area contributed by atoms with Crippen molar-refractivity contribution in [3.63, 3.8) is 0 Å². The number of rotatable bonds is 5. The van der Waals surface area contributed by atoms with Crippen LogP contribution in [-0.2, 0) is 21.3 Å². The van der Waals surface area contributed by atoms with Crippen molar-refractivity contribution in [2.24, 2.45) is 0 Å². The summed E-state index contributed by atoms with van der Waals surface area (Å²) in [5.74, 6) is 0.251. The molecule has 1 aliphatic heterocycles. The van der Waals surface area contributed by atoms with E-state index in [0.717, 1.165) is 11.1 Å². The van der Waals surface area contributed by atoms with Crippen LogP contribution in [0, 0.1) is 0 Å². The first-order chi connectivity index (χ1) is 11.6. The second kappa shape index (κ2) is 7.51. The van der Waals surface area contributed by atoms with Gasteiger partial charge in [0.2, 0.25) is 5.91 Å². The van der Waals surface area contributed by atoms with E-state index in [-0.39, 0.29) is 12.5 Å². The highest BCUT2D eigenvalue weighted by molar-refractivity contribution is 7.93. The highest BCUT2D eigenvalue weighted by Gasteiger charge is 2.23. The highest BCUT2D eigenvalue weighted by atomic mass is 32.2. The molecule has 0 spiro atoms. The van der Waals surface area contributed by atoms with E-state index < -0.39 is 10.8 Å². The molecule has 0 bridgehead atoms. The minimum absolute atomic E-state index is 0.150. The third-order valence-corrected chi connectivity index (χ3v) is 5.30. The molecule has 1 heterocycles. The predicted octanol–water partition coefficient (Wildman–Crippen LogP) is 2.65. The molecule has 3 rings (SSSR count). The predicted molar refractivity (Wildman–Crippen MR) is 100 cm³/mol. The van der Waals surface area contributed by atoms with Crippen LogP contribution in [0.1, 0.15) is 11.1 Å². The molecular weight excluding hydrogens is 340 g/mol. The fourth-order valence-electron chi connectivity index (χ4n) is 2.37. The molecule has 122 valence electrons. The zero-order chi connectivity index (χ0) is 16.9. The van der Waals surface area contributed by atoms with E-state index in [1.54, 1.807) is 11.1 Å². The highest BCUT2D eigenvalue weighted by Crippen LogP contribution is 2.22. The molecule has 0 aliphatic carbocycles. The Bertz CT molecular complexity index is 804. The van der Waals surface area contributed by atoms with Crippen LogP contribution >= 0.6 is 12.2 Å². The molecule has 2 aromatic carbocycles. The number of amides is 1. The van der Waals surface area contributed by atoms with Gasteiger partial charge in [-0.1, -0.05) is 60.7 Å². The molecule has 4 nitrogen and oxygen atoms in total. The lowest BCUT2D eigenvalue weighted by molar-refractivity contribution is -0.118. The normalized spacial score (nSPS) is 16.2. The van der Waals surface area contributed by atoms with Gasteiger partial charge in [0.25, 0.3) is 0 Å². The van der Waals surface area contributed by atoms with Crippen molar-refractivity contribution in [2.45, 2.75) is 5.75 Å². The fraction of sp³-hybridized carbons (Fsp3) is 0.111. The Morgan fingerprint density at radius 3 is 2.33 bits per heavy atom. The van der Waals surface area contributed by atoms with E-state index in [2.05, 4.69) is 5.32 Å². The molecule has 0 radical (unpaired) electrons. The van der Waals surface area contributed by atoms with Gasteiger partial charge in [-0.25, -0.2) is 0 Å². The van der Waals surface area contributed by atoms with Crippen LogP contribution in [0.15, 0.2) is 66.9 Å². The fourth-order valence-corrected chi connectivity index (χ4v) is 3.90. The van der Waals surface area contributed by atoms with Crippen molar-refractivity contribution in [1.82, 2.24) is 10.2 Å². The quantitative estimate of drug-likeness (QED) is 0.837. The Hall–Kier alpha value is -2.31. The van der Waals surface area contributed by atoms with Gasteiger partial charge < -0.3 is 10.2 Å². The van der Waals surface area contributed by atoms with Crippen molar-refractivity contribution in [3.8, 4) is 0 Å². The van der Waals surface area contributed by atoms with E-state index in [9.17, 15) is 9.00 Å². The van der Waals surface area contributed by atoms with Crippen LogP contribution in [0.4, 0.5) is 0 Å². The summed E-state index contributed by atoms with van der Waals surface area (Å²) in [7, 11) is -1.26. The van der Waals surface area contributed by atoms with E-state index in [0.29, 0.717) is 15.8 Å². The Balaban J connectivity index is 1.92. The molecule has 1 fully saturated rings. The molecule has 1 amide bonds. The zero-order valence-corrected chi connectivity index (χ0v) is 14.5. The van der Waals surface area contributed by atoms with Gasteiger partial charge in [0, 0.05) is 6.20 Å². The van der Waals surface area contributed by atoms with Gasteiger partial charge in [0.05, 0.1) is 21.5 Å². The molecule has 0 saturated carbocycles. The number of hydrogen-bond donors (Lipinski definition) is 1.